The molecular weight excluding hydrogens is 480 g/mol. The largest absolute Gasteiger partial charge is 0.493 e. The number of piperidine rings is 1. The minimum atomic E-state index is 0.0382. The maximum Gasteiger partial charge on any atom is 0.246 e. The molecule has 0 saturated carbocycles. The molecule has 0 unspecified atom stereocenters. The van der Waals surface area contributed by atoms with Crippen molar-refractivity contribution in [2.24, 2.45) is 5.41 Å². The number of carbonyl (C=O) groups is 2. The van der Waals surface area contributed by atoms with E-state index in [1.807, 2.05) is 59.2 Å². The van der Waals surface area contributed by atoms with Crippen molar-refractivity contribution in [2.45, 2.75) is 45.4 Å². The Balaban J connectivity index is 1.06. The number of fused-ring (bicyclic) bond motifs is 1. The van der Waals surface area contributed by atoms with Gasteiger partial charge >= 0.3 is 0 Å². The van der Waals surface area contributed by atoms with E-state index < -0.39 is 0 Å². The molecule has 2 fully saturated rings. The predicted octanol–water partition coefficient (Wildman–Crippen LogP) is 4.73. The van der Waals surface area contributed by atoms with Gasteiger partial charge in [-0.25, -0.2) is 0 Å². The summed E-state index contributed by atoms with van der Waals surface area (Å²) in [5, 5.41) is 0. The van der Waals surface area contributed by atoms with Gasteiger partial charge in [-0.2, -0.15) is 0 Å². The van der Waals surface area contributed by atoms with Gasteiger partial charge in [0.1, 0.15) is 19.0 Å². The van der Waals surface area contributed by atoms with E-state index in [0.717, 1.165) is 81.1 Å². The highest BCUT2D eigenvalue weighted by atomic mass is 16.6. The van der Waals surface area contributed by atoms with Gasteiger partial charge in [0.25, 0.3) is 0 Å². The molecule has 2 aromatic carbocycles. The van der Waals surface area contributed by atoms with Gasteiger partial charge in [-0.05, 0) is 74.3 Å². The minimum Gasteiger partial charge on any atom is -0.493 e. The molecule has 7 heteroatoms. The molecular formula is C31H38N2O5. The van der Waals surface area contributed by atoms with Gasteiger partial charge in [-0.1, -0.05) is 24.3 Å². The molecule has 3 aliphatic heterocycles. The second-order valence-corrected chi connectivity index (χ2v) is 10.5. The molecule has 0 N–H and O–H groups in total. The standard InChI is InChI=1S/C31H38N2O5/c1-2-36-26-8-4-3-7-25(26)11-13-30(35)32-17-14-31(15-18-32)16-19-33(23-31)29(34)9-5-6-24-10-12-27-28(22-24)38-21-20-37-27/h3-4,7-8,10-13,22H,2,5-6,9,14-21,23H2,1H3/b13-11+. The molecule has 0 atom stereocenters. The number of hydrogen-bond donors (Lipinski definition) is 0. The van der Waals surface area contributed by atoms with Crippen molar-refractivity contribution in [1.82, 2.24) is 9.80 Å². The summed E-state index contributed by atoms with van der Waals surface area (Å²) in [6.45, 7) is 6.83. The summed E-state index contributed by atoms with van der Waals surface area (Å²) in [5.74, 6) is 2.68. The summed E-state index contributed by atoms with van der Waals surface area (Å²) >= 11 is 0. The third-order valence-electron chi connectivity index (χ3n) is 8.01. The molecule has 7 nitrogen and oxygen atoms in total. The minimum absolute atomic E-state index is 0.0382. The van der Waals surface area contributed by atoms with Crippen LogP contribution in [0.3, 0.4) is 0 Å². The molecule has 3 aliphatic rings. The van der Waals surface area contributed by atoms with Crippen LogP contribution in [0, 0.1) is 5.41 Å². The van der Waals surface area contributed by atoms with E-state index in [-0.39, 0.29) is 17.2 Å². The van der Waals surface area contributed by atoms with E-state index >= 15 is 0 Å². The zero-order valence-electron chi connectivity index (χ0n) is 22.3. The lowest BCUT2D eigenvalue weighted by Crippen LogP contribution is -2.44. The Labute approximate surface area is 225 Å². The van der Waals surface area contributed by atoms with E-state index in [1.165, 1.54) is 5.56 Å². The fourth-order valence-corrected chi connectivity index (χ4v) is 5.77. The van der Waals surface area contributed by atoms with Crippen LogP contribution in [0.2, 0.25) is 0 Å². The number of rotatable bonds is 8. The van der Waals surface area contributed by atoms with Crippen molar-refractivity contribution in [1.29, 1.82) is 0 Å². The number of hydrogen-bond acceptors (Lipinski definition) is 5. The third-order valence-corrected chi connectivity index (χ3v) is 8.01. The number of likely N-dealkylation sites (tertiary alicyclic amines) is 2. The van der Waals surface area contributed by atoms with Gasteiger partial charge in [0.15, 0.2) is 11.5 Å². The number of aryl methyl sites for hydroxylation is 1. The summed E-state index contributed by atoms with van der Waals surface area (Å²) in [6, 6.07) is 13.8. The number of benzene rings is 2. The molecule has 202 valence electrons. The first kappa shape index (κ1) is 26.1. The number of ether oxygens (including phenoxy) is 3. The Morgan fingerprint density at radius 2 is 1.71 bits per heavy atom. The lowest BCUT2D eigenvalue weighted by Gasteiger charge is -2.39. The summed E-state index contributed by atoms with van der Waals surface area (Å²) in [7, 11) is 0. The second-order valence-electron chi connectivity index (χ2n) is 10.5. The molecule has 0 bridgehead atoms. The SMILES string of the molecule is CCOc1ccccc1/C=C/C(=O)N1CCC2(CC1)CCN(C(=O)CCCc1ccc3c(c1)OCCO3)C2. The van der Waals surface area contributed by atoms with Gasteiger partial charge in [0.05, 0.1) is 6.61 Å². The molecule has 2 saturated heterocycles. The van der Waals surface area contributed by atoms with Crippen LogP contribution in [0.5, 0.6) is 17.2 Å². The average Bonchev–Trinajstić information content (AvgIpc) is 3.36. The van der Waals surface area contributed by atoms with Crippen LogP contribution in [0.1, 0.15) is 50.2 Å². The van der Waals surface area contributed by atoms with Crippen LogP contribution >= 0.6 is 0 Å². The summed E-state index contributed by atoms with van der Waals surface area (Å²) in [4.78, 5) is 29.8. The number of amides is 2. The zero-order valence-corrected chi connectivity index (χ0v) is 22.3. The van der Waals surface area contributed by atoms with Crippen molar-refractivity contribution < 1.29 is 23.8 Å². The highest BCUT2D eigenvalue weighted by molar-refractivity contribution is 5.92. The molecule has 3 heterocycles. The van der Waals surface area contributed by atoms with E-state index in [1.54, 1.807) is 6.08 Å². The van der Waals surface area contributed by atoms with Crippen LogP contribution in [0.25, 0.3) is 6.08 Å². The second kappa shape index (κ2) is 11.9. The molecule has 2 amide bonds. The first-order valence-electron chi connectivity index (χ1n) is 13.9. The Kier molecular flexibility index (Phi) is 8.20. The normalized spacial score (nSPS) is 18.2. The van der Waals surface area contributed by atoms with Crippen molar-refractivity contribution in [3.63, 3.8) is 0 Å². The molecule has 38 heavy (non-hydrogen) atoms. The van der Waals surface area contributed by atoms with Crippen LogP contribution < -0.4 is 14.2 Å². The van der Waals surface area contributed by atoms with Crippen molar-refractivity contribution in [3.05, 3.63) is 59.7 Å². The first-order valence-corrected chi connectivity index (χ1v) is 13.9. The maximum atomic E-state index is 13.0. The maximum absolute atomic E-state index is 13.0. The highest BCUT2D eigenvalue weighted by Gasteiger charge is 2.42. The molecule has 0 aliphatic carbocycles. The Hall–Kier alpha value is -3.48. The topological polar surface area (TPSA) is 68.3 Å². The van der Waals surface area contributed by atoms with Crippen LogP contribution in [-0.2, 0) is 16.0 Å². The Morgan fingerprint density at radius 3 is 2.50 bits per heavy atom. The molecule has 0 radical (unpaired) electrons. The van der Waals surface area contributed by atoms with E-state index in [9.17, 15) is 9.59 Å². The smallest absolute Gasteiger partial charge is 0.246 e. The monoisotopic (exact) mass is 518 g/mol. The fourth-order valence-electron chi connectivity index (χ4n) is 5.77. The van der Waals surface area contributed by atoms with Gasteiger partial charge in [-0.3, -0.25) is 9.59 Å². The van der Waals surface area contributed by atoms with Crippen LogP contribution in [0.4, 0.5) is 0 Å². The molecule has 0 aromatic heterocycles. The number of para-hydroxylation sites is 1. The van der Waals surface area contributed by atoms with E-state index in [0.29, 0.717) is 26.2 Å². The van der Waals surface area contributed by atoms with Crippen molar-refractivity contribution in [2.75, 3.05) is 46.0 Å². The quantitative estimate of drug-likeness (QED) is 0.473. The van der Waals surface area contributed by atoms with Crippen molar-refractivity contribution in [3.8, 4) is 17.2 Å². The highest BCUT2D eigenvalue weighted by Crippen LogP contribution is 2.40. The van der Waals surface area contributed by atoms with Gasteiger partial charge in [0, 0.05) is 44.2 Å². The lowest BCUT2D eigenvalue weighted by molar-refractivity contribution is -0.132. The predicted molar refractivity (Wildman–Crippen MR) is 146 cm³/mol. The Morgan fingerprint density at radius 1 is 0.974 bits per heavy atom. The van der Waals surface area contributed by atoms with Gasteiger partial charge in [-0.15, -0.1) is 0 Å². The zero-order chi connectivity index (χ0) is 26.4. The third kappa shape index (κ3) is 6.14. The molecule has 2 aromatic rings. The number of carbonyl (C=O) groups excluding carboxylic acids is 2. The summed E-state index contributed by atoms with van der Waals surface area (Å²) in [5.41, 5.74) is 2.23. The average molecular weight is 519 g/mol. The van der Waals surface area contributed by atoms with Gasteiger partial charge < -0.3 is 24.0 Å². The summed E-state index contributed by atoms with van der Waals surface area (Å²) < 4.78 is 16.9. The van der Waals surface area contributed by atoms with Crippen LogP contribution in [0.15, 0.2) is 48.5 Å². The number of nitrogens with zero attached hydrogens (tertiary/aromatic N) is 2. The molecule has 5 rings (SSSR count). The fraction of sp³-hybridized carbons (Fsp3) is 0.484. The van der Waals surface area contributed by atoms with E-state index in [2.05, 4.69) is 6.07 Å². The Bertz CT molecular complexity index is 1170. The lowest BCUT2D eigenvalue weighted by atomic mass is 9.78. The molecule has 1 spiro atoms. The van der Waals surface area contributed by atoms with Crippen molar-refractivity contribution >= 4 is 17.9 Å². The van der Waals surface area contributed by atoms with Crippen LogP contribution in [-0.4, -0.2) is 67.6 Å². The first-order chi connectivity index (χ1) is 18.5. The summed E-state index contributed by atoms with van der Waals surface area (Å²) in [6.07, 6.45) is 8.65. The van der Waals surface area contributed by atoms with Gasteiger partial charge in [0.2, 0.25) is 11.8 Å². The van der Waals surface area contributed by atoms with E-state index in [4.69, 9.17) is 14.2 Å².